The van der Waals surface area contributed by atoms with Gasteiger partial charge in [-0.05, 0) is 12.8 Å². The van der Waals surface area contributed by atoms with Crippen molar-refractivity contribution in [3.05, 3.63) is 12.7 Å². The second-order valence-electron chi connectivity index (χ2n) is 3.72. The second kappa shape index (κ2) is 7.44. The molecule has 0 aromatic carbocycles. The van der Waals surface area contributed by atoms with E-state index >= 15 is 0 Å². The molecule has 0 aromatic heterocycles. The van der Waals surface area contributed by atoms with Crippen LogP contribution in [0.5, 0.6) is 0 Å². The van der Waals surface area contributed by atoms with Gasteiger partial charge in [-0.25, -0.2) is 8.42 Å². The summed E-state index contributed by atoms with van der Waals surface area (Å²) in [6.07, 6.45) is 2.99. The third-order valence-corrected chi connectivity index (χ3v) is 3.49. The molecule has 5 heteroatoms. The van der Waals surface area contributed by atoms with Crippen molar-refractivity contribution in [3.63, 3.8) is 0 Å². The quantitative estimate of drug-likeness (QED) is 0.606. The van der Waals surface area contributed by atoms with Crippen LogP contribution >= 0.6 is 0 Å². The molecule has 0 heterocycles. The minimum absolute atomic E-state index is 0.134. The zero-order chi connectivity index (χ0) is 12.6. The standard InChI is InChI=1S/C11H21NO3S/c1-4-7-12(8-5-2)11(13)10-16(14,15)9-6-3/h6H,3-5,7-10H2,1-2H3. The van der Waals surface area contributed by atoms with Crippen LogP contribution in [0.25, 0.3) is 0 Å². The minimum Gasteiger partial charge on any atom is -0.342 e. The molecule has 0 radical (unpaired) electrons. The molecule has 1 amide bonds. The van der Waals surface area contributed by atoms with Crippen molar-refractivity contribution in [2.75, 3.05) is 24.6 Å². The van der Waals surface area contributed by atoms with Gasteiger partial charge < -0.3 is 4.90 Å². The Hall–Kier alpha value is -0.840. The van der Waals surface area contributed by atoms with Gasteiger partial charge in [-0.15, -0.1) is 6.58 Å². The molecule has 0 atom stereocenters. The van der Waals surface area contributed by atoms with Crippen LogP contribution in [-0.2, 0) is 14.6 Å². The van der Waals surface area contributed by atoms with Crippen molar-refractivity contribution < 1.29 is 13.2 Å². The average Bonchev–Trinajstić information content (AvgIpc) is 2.16. The molecule has 0 aliphatic heterocycles. The molecule has 0 rings (SSSR count). The Morgan fingerprint density at radius 3 is 2.12 bits per heavy atom. The lowest BCUT2D eigenvalue weighted by atomic mass is 10.3. The van der Waals surface area contributed by atoms with Gasteiger partial charge in [0.1, 0.15) is 5.75 Å². The monoisotopic (exact) mass is 247 g/mol. The Morgan fingerprint density at radius 2 is 1.75 bits per heavy atom. The van der Waals surface area contributed by atoms with Gasteiger partial charge in [0, 0.05) is 13.1 Å². The summed E-state index contributed by atoms with van der Waals surface area (Å²) < 4.78 is 22.9. The third-order valence-electron chi connectivity index (χ3n) is 2.05. The van der Waals surface area contributed by atoms with Crippen LogP contribution in [0.3, 0.4) is 0 Å². The third kappa shape index (κ3) is 5.90. The largest absolute Gasteiger partial charge is 0.342 e. The average molecular weight is 247 g/mol. The number of rotatable bonds is 8. The first-order valence-corrected chi connectivity index (χ1v) is 7.38. The molecule has 0 saturated carbocycles. The lowest BCUT2D eigenvalue weighted by Crippen LogP contribution is -2.37. The van der Waals surface area contributed by atoms with E-state index < -0.39 is 15.6 Å². The van der Waals surface area contributed by atoms with Gasteiger partial charge in [0.2, 0.25) is 5.91 Å². The summed E-state index contributed by atoms with van der Waals surface area (Å²) in [5, 5.41) is 0. The summed E-state index contributed by atoms with van der Waals surface area (Å²) in [5.74, 6) is -0.838. The lowest BCUT2D eigenvalue weighted by Gasteiger charge is -2.21. The maximum atomic E-state index is 11.7. The molecule has 0 fully saturated rings. The Balaban J connectivity index is 4.45. The van der Waals surface area contributed by atoms with Gasteiger partial charge >= 0.3 is 0 Å². The van der Waals surface area contributed by atoms with Gasteiger partial charge in [-0.2, -0.15) is 0 Å². The van der Waals surface area contributed by atoms with E-state index in [1.54, 1.807) is 4.90 Å². The van der Waals surface area contributed by atoms with E-state index in [0.29, 0.717) is 13.1 Å². The maximum Gasteiger partial charge on any atom is 0.237 e. The van der Waals surface area contributed by atoms with Crippen LogP contribution < -0.4 is 0 Å². The molecule has 0 saturated heterocycles. The number of hydrogen-bond acceptors (Lipinski definition) is 3. The van der Waals surface area contributed by atoms with Crippen LogP contribution in [-0.4, -0.2) is 43.8 Å². The van der Waals surface area contributed by atoms with Crippen LogP contribution in [0.2, 0.25) is 0 Å². The van der Waals surface area contributed by atoms with Crippen LogP contribution in [0, 0.1) is 0 Å². The van der Waals surface area contributed by atoms with E-state index in [0.717, 1.165) is 12.8 Å². The molecule has 94 valence electrons. The van der Waals surface area contributed by atoms with Crippen molar-refractivity contribution in [2.24, 2.45) is 0 Å². The summed E-state index contributed by atoms with van der Waals surface area (Å²) in [7, 11) is -3.32. The maximum absolute atomic E-state index is 11.7. The predicted octanol–water partition coefficient (Wildman–Crippen LogP) is 1.24. The number of hydrogen-bond donors (Lipinski definition) is 0. The van der Waals surface area contributed by atoms with E-state index in [9.17, 15) is 13.2 Å². The molecule has 4 nitrogen and oxygen atoms in total. The fourth-order valence-corrected chi connectivity index (χ4v) is 2.45. The van der Waals surface area contributed by atoms with Crippen LogP contribution in [0.1, 0.15) is 26.7 Å². The van der Waals surface area contributed by atoms with Gasteiger partial charge in [-0.3, -0.25) is 4.79 Å². The predicted molar refractivity (Wildman–Crippen MR) is 66.0 cm³/mol. The second-order valence-corrected chi connectivity index (χ2v) is 5.83. The molecule has 0 bridgehead atoms. The van der Waals surface area contributed by atoms with E-state index in [2.05, 4.69) is 6.58 Å². The van der Waals surface area contributed by atoms with E-state index in [1.165, 1.54) is 6.08 Å². The summed E-state index contributed by atoms with van der Waals surface area (Å²) in [4.78, 5) is 13.3. The molecule has 16 heavy (non-hydrogen) atoms. The highest BCUT2D eigenvalue weighted by Gasteiger charge is 2.19. The van der Waals surface area contributed by atoms with Crippen molar-refractivity contribution in [3.8, 4) is 0 Å². The molecule has 0 aromatic rings. The first kappa shape index (κ1) is 15.2. The Morgan fingerprint density at radius 1 is 1.25 bits per heavy atom. The number of amides is 1. The Labute approximate surface area is 98.2 Å². The van der Waals surface area contributed by atoms with Gasteiger partial charge in [0.15, 0.2) is 9.84 Å². The SMILES string of the molecule is C=CCS(=O)(=O)CC(=O)N(CCC)CCC. The molecule has 0 spiro atoms. The minimum atomic E-state index is -3.32. The van der Waals surface area contributed by atoms with Crippen molar-refractivity contribution >= 4 is 15.7 Å². The summed E-state index contributed by atoms with van der Waals surface area (Å²) in [6.45, 7) is 8.54. The molecule has 0 N–H and O–H groups in total. The highest BCUT2D eigenvalue weighted by molar-refractivity contribution is 7.92. The van der Waals surface area contributed by atoms with Gasteiger partial charge in [0.05, 0.1) is 5.75 Å². The summed E-state index contributed by atoms with van der Waals surface area (Å²) in [5.41, 5.74) is 0. The van der Waals surface area contributed by atoms with Gasteiger partial charge in [-0.1, -0.05) is 19.9 Å². The first-order valence-electron chi connectivity index (χ1n) is 5.56. The van der Waals surface area contributed by atoms with Crippen LogP contribution in [0.4, 0.5) is 0 Å². The van der Waals surface area contributed by atoms with E-state index in [-0.39, 0.29) is 11.7 Å². The van der Waals surface area contributed by atoms with E-state index in [1.807, 2.05) is 13.8 Å². The van der Waals surface area contributed by atoms with Crippen LogP contribution in [0.15, 0.2) is 12.7 Å². The molecular formula is C11H21NO3S. The zero-order valence-electron chi connectivity index (χ0n) is 10.1. The molecular weight excluding hydrogens is 226 g/mol. The number of sulfone groups is 1. The Bertz CT molecular complexity index is 316. The highest BCUT2D eigenvalue weighted by Crippen LogP contribution is 2.00. The van der Waals surface area contributed by atoms with E-state index in [4.69, 9.17) is 0 Å². The highest BCUT2D eigenvalue weighted by atomic mass is 32.2. The normalized spacial score (nSPS) is 11.1. The Kier molecular flexibility index (Phi) is 7.05. The molecule has 0 aliphatic carbocycles. The van der Waals surface area contributed by atoms with Crippen molar-refractivity contribution in [1.82, 2.24) is 4.90 Å². The smallest absolute Gasteiger partial charge is 0.237 e. The van der Waals surface area contributed by atoms with Crippen molar-refractivity contribution in [1.29, 1.82) is 0 Å². The number of nitrogens with zero attached hydrogens (tertiary/aromatic N) is 1. The summed E-state index contributed by atoms with van der Waals surface area (Å²) in [6, 6.07) is 0. The molecule has 0 unspecified atom stereocenters. The fraction of sp³-hybridized carbons (Fsp3) is 0.727. The number of carbonyl (C=O) groups excluding carboxylic acids is 1. The lowest BCUT2D eigenvalue weighted by molar-refractivity contribution is -0.128. The van der Waals surface area contributed by atoms with Crippen molar-refractivity contribution in [2.45, 2.75) is 26.7 Å². The zero-order valence-corrected chi connectivity index (χ0v) is 10.9. The molecule has 0 aliphatic rings. The first-order chi connectivity index (χ1) is 7.46. The summed E-state index contributed by atoms with van der Waals surface area (Å²) >= 11 is 0. The van der Waals surface area contributed by atoms with Gasteiger partial charge in [0.25, 0.3) is 0 Å². The topological polar surface area (TPSA) is 54.5 Å². The number of carbonyl (C=O) groups is 1. The fourth-order valence-electron chi connectivity index (χ4n) is 1.42.